The fourth-order valence-corrected chi connectivity index (χ4v) is 2.27. The maximum absolute atomic E-state index is 5.57. The number of benzene rings is 1. The molecule has 1 aromatic carbocycles. The zero-order chi connectivity index (χ0) is 12.8. The Morgan fingerprint density at radius 3 is 2.89 bits per heavy atom. The van der Waals surface area contributed by atoms with Gasteiger partial charge >= 0.3 is 0 Å². The van der Waals surface area contributed by atoms with Crippen molar-refractivity contribution >= 4 is 0 Å². The van der Waals surface area contributed by atoms with Crippen LogP contribution in [0.2, 0.25) is 0 Å². The van der Waals surface area contributed by atoms with E-state index in [1.165, 1.54) is 6.42 Å². The summed E-state index contributed by atoms with van der Waals surface area (Å²) < 4.78 is 16.2. The van der Waals surface area contributed by atoms with Crippen LogP contribution in [0.15, 0.2) is 18.2 Å². The smallest absolute Gasteiger partial charge is 0.165 e. The van der Waals surface area contributed by atoms with Gasteiger partial charge in [-0.15, -0.1) is 0 Å². The van der Waals surface area contributed by atoms with E-state index in [4.69, 9.17) is 14.2 Å². The van der Waals surface area contributed by atoms with Crippen LogP contribution < -0.4 is 14.8 Å². The molecule has 1 aliphatic heterocycles. The molecule has 1 atom stereocenters. The molecule has 1 N–H and O–H groups in total. The van der Waals surface area contributed by atoms with Crippen molar-refractivity contribution in [2.45, 2.75) is 25.5 Å². The maximum Gasteiger partial charge on any atom is 0.165 e. The molecule has 1 aliphatic rings. The molecule has 0 bridgehead atoms. The highest BCUT2D eigenvalue weighted by molar-refractivity contribution is 5.46. The van der Waals surface area contributed by atoms with Gasteiger partial charge in [0.1, 0.15) is 0 Å². The van der Waals surface area contributed by atoms with Gasteiger partial charge in [0.25, 0.3) is 0 Å². The van der Waals surface area contributed by atoms with E-state index >= 15 is 0 Å². The molecule has 1 heterocycles. The SMILES string of the molecule is COc1cccc(CNC[C@H]2CCCO2)c1OC. The Hall–Kier alpha value is -1.26. The summed E-state index contributed by atoms with van der Waals surface area (Å²) in [4.78, 5) is 0. The number of hydrogen-bond donors (Lipinski definition) is 1. The number of nitrogens with one attached hydrogen (secondary N) is 1. The molecule has 0 amide bonds. The lowest BCUT2D eigenvalue weighted by Gasteiger charge is -2.14. The molecular weight excluding hydrogens is 230 g/mol. The third kappa shape index (κ3) is 3.15. The molecular formula is C14H21NO3. The second-order valence-corrected chi connectivity index (χ2v) is 4.42. The van der Waals surface area contributed by atoms with Crippen molar-refractivity contribution in [2.24, 2.45) is 0 Å². The second-order valence-electron chi connectivity index (χ2n) is 4.42. The quantitative estimate of drug-likeness (QED) is 0.839. The second kappa shape index (κ2) is 6.61. The molecule has 2 rings (SSSR count). The summed E-state index contributed by atoms with van der Waals surface area (Å²) in [5.74, 6) is 1.58. The van der Waals surface area contributed by atoms with E-state index in [0.29, 0.717) is 6.10 Å². The summed E-state index contributed by atoms with van der Waals surface area (Å²) >= 11 is 0. The van der Waals surface area contributed by atoms with Crippen LogP contribution in [0, 0.1) is 0 Å². The fourth-order valence-electron chi connectivity index (χ4n) is 2.27. The van der Waals surface area contributed by atoms with Gasteiger partial charge in [0, 0.05) is 25.3 Å². The van der Waals surface area contributed by atoms with Crippen LogP contribution in [0.1, 0.15) is 18.4 Å². The Bertz CT molecular complexity index is 375. The first kappa shape index (κ1) is 13.2. The van der Waals surface area contributed by atoms with E-state index in [1.54, 1.807) is 14.2 Å². The Kier molecular flexibility index (Phi) is 4.84. The van der Waals surface area contributed by atoms with Crippen molar-refractivity contribution in [1.82, 2.24) is 5.32 Å². The zero-order valence-electron chi connectivity index (χ0n) is 11.1. The van der Waals surface area contributed by atoms with E-state index in [0.717, 1.165) is 43.2 Å². The Morgan fingerprint density at radius 1 is 1.33 bits per heavy atom. The number of rotatable bonds is 6. The summed E-state index contributed by atoms with van der Waals surface area (Å²) in [6, 6.07) is 5.93. The summed E-state index contributed by atoms with van der Waals surface area (Å²) in [5.41, 5.74) is 1.11. The van der Waals surface area contributed by atoms with Gasteiger partial charge in [-0.25, -0.2) is 0 Å². The molecule has 1 aromatic rings. The number of methoxy groups -OCH3 is 2. The van der Waals surface area contributed by atoms with Crippen LogP contribution in [0.4, 0.5) is 0 Å². The highest BCUT2D eigenvalue weighted by atomic mass is 16.5. The van der Waals surface area contributed by atoms with E-state index < -0.39 is 0 Å². The standard InChI is InChI=1S/C14H21NO3/c1-16-13-7-3-5-11(14(13)17-2)9-15-10-12-6-4-8-18-12/h3,5,7,12,15H,4,6,8-10H2,1-2H3/t12-/m1/s1. The first-order valence-electron chi connectivity index (χ1n) is 6.37. The van der Waals surface area contributed by atoms with Crippen LogP contribution in [-0.2, 0) is 11.3 Å². The molecule has 0 unspecified atom stereocenters. The Morgan fingerprint density at radius 2 is 2.22 bits per heavy atom. The molecule has 0 saturated carbocycles. The predicted octanol–water partition coefficient (Wildman–Crippen LogP) is 1.97. The van der Waals surface area contributed by atoms with Crippen molar-refractivity contribution in [3.8, 4) is 11.5 Å². The zero-order valence-corrected chi connectivity index (χ0v) is 11.1. The first-order chi connectivity index (χ1) is 8.85. The molecule has 0 aromatic heterocycles. The predicted molar refractivity (Wildman–Crippen MR) is 70.2 cm³/mol. The van der Waals surface area contributed by atoms with Gasteiger partial charge in [-0.1, -0.05) is 12.1 Å². The average Bonchev–Trinajstić information content (AvgIpc) is 2.91. The number of para-hydroxylation sites is 1. The molecule has 0 spiro atoms. The van der Waals surface area contributed by atoms with Crippen LogP contribution in [0.3, 0.4) is 0 Å². The highest BCUT2D eigenvalue weighted by Gasteiger charge is 2.15. The third-order valence-corrected chi connectivity index (χ3v) is 3.20. The molecule has 4 nitrogen and oxygen atoms in total. The van der Waals surface area contributed by atoms with Gasteiger partial charge in [0.15, 0.2) is 11.5 Å². The van der Waals surface area contributed by atoms with Crippen LogP contribution in [0.25, 0.3) is 0 Å². The minimum atomic E-state index is 0.363. The lowest BCUT2D eigenvalue weighted by atomic mass is 10.1. The van der Waals surface area contributed by atoms with Crippen molar-refractivity contribution in [3.63, 3.8) is 0 Å². The van der Waals surface area contributed by atoms with Crippen molar-refractivity contribution in [2.75, 3.05) is 27.4 Å². The third-order valence-electron chi connectivity index (χ3n) is 3.20. The Balaban J connectivity index is 1.91. The average molecular weight is 251 g/mol. The van der Waals surface area contributed by atoms with Crippen LogP contribution in [-0.4, -0.2) is 33.5 Å². The first-order valence-corrected chi connectivity index (χ1v) is 6.37. The molecule has 18 heavy (non-hydrogen) atoms. The van der Waals surface area contributed by atoms with Gasteiger partial charge in [0.2, 0.25) is 0 Å². The minimum absolute atomic E-state index is 0.363. The van der Waals surface area contributed by atoms with Gasteiger partial charge in [-0.2, -0.15) is 0 Å². The van der Waals surface area contributed by atoms with E-state index in [-0.39, 0.29) is 0 Å². The molecule has 1 saturated heterocycles. The van der Waals surface area contributed by atoms with Crippen LogP contribution >= 0.6 is 0 Å². The number of hydrogen-bond acceptors (Lipinski definition) is 4. The largest absolute Gasteiger partial charge is 0.493 e. The van der Waals surface area contributed by atoms with Crippen LogP contribution in [0.5, 0.6) is 11.5 Å². The molecule has 4 heteroatoms. The highest BCUT2D eigenvalue weighted by Crippen LogP contribution is 2.30. The number of ether oxygens (including phenoxy) is 3. The summed E-state index contributed by atoms with van der Waals surface area (Å²) in [6.07, 6.45) is 2.69. The molecule has 100 valence electrons. The summed E-state index contributed by atoms with van der Waals surface area (Å²) in [7, 11) is 3.32. The molecule has 0 radical (unpaired) electrons. The van der Waals surface area contributed by atoms with Gasteiger partial charge < -0.3 is 19.5 Å². The summed E-state index contributed by atoms with van der Waals surface area (Å²) in [5, 5.41) is 3.41. The minimum Gasteiger partial charge on any atom is -0.493 e. The van der Waals surface area contributed by atoms with Gasteiger partial charge in [-0.05, 0) is 18.9 Å². The molecule has 1 fully saturated rings. The van der Waals surface area contributed by atoms with E-state index in [2.05, 4.69) is 5.32 Å². The van der Waals surface area contributed by atoms with E-state index in [9.17, 15) is 0 Å². The van der Waals surface area contributed by atoms with Gasteiger partial charge in [-0.3, -0.25) is 0 Å². The van der Waals surface area contributed by atoms with Gasteiger partial charge in [0.05, 0.1) is 20.3 Å². The maximum atomic E-state index is 5.57. The Labute approximate surface area is 108 Å². The fraction of sp³-hybridized carbons (Fsp3) is 0.571. The van der Waals surface area contributed by atoms with Crippen molar-refractivity contribution < 1.29 is 14.2 Å². The normalized spacial score (nSPS) is 18.9. The monoisotopic (exact) mass is 251 g/mol. The topological polar surface area (TPSA) is 39.7 Å². The lowest BCUT2D eigenvalue weighted by Crippen LogP contribution is -2.25. The van der Waals surface area contributed by atoms with Crippen molar-refractivity contribution in [1.29, 1.82) is 0 Å². The lowest BCUT2D eigenvalue weighted by molar-refractivity contribution is 0.110. The van der Waals surface area contributed by atoms with Crippen molar-refractivity contribution in [3.05, 3.63) is 23.8 Å². The molecule has 0 aliphatic carbocycles. The van der Waals surface area contributed by atoms with E-state index in [1.807, 2.05) is 18.2 Å². The summed E-state index contributed by atoms with van der Waals surface area (Å²) in [6.45, 7) is 2.55.